The van der Waals surface area contributed by atoms with Crippen LogP contribution in [0.3, 0.4) is 0 Å². The summed E-state index contributed by atoms with van der Waals surface area (Å²) in [4.78, 5) is 16.8. The molecular weight excluding hydrogens is 332 g/mol. The Balaban J connectivity index is 1.66. The number of nitrogens with zero attached hydrogens (tertiary/aromatic N) is 1. The van der Waals surface area contributed by atoms with Crippen molar-refractivity contribution in [1.82, 2.24) is 5.32 Å². The minimum absolute atomic E-state index is 0.0124. The topological polar surface area (TPSA) is 50.7 Å². The number of carbonyl (C=O) groups is 1. The van der Waals surface area contributed by atoms with Gasteiger partial charge in [0.2, 0.25) is 5.91 Å². The van der Waals surface area contributed by atoms with Crippen LogP contribution in [0.2, 0.25) is 0 Å². The summed E-state index contributed by atoms with van der Waals surface area (Å²) in [6.07, 6.45) is 0.672. The fourth-order valence-electron chi connectivity index (χ4n) is 2.62. The predicted molar refractivity (Wildman–Crippen MR) is 104 cm³/mol. The minimum atomic E-state index is -0.151. The van der Waals surface area contributed by atoms with E-state index in [1.54, 1.807) is 7.11 Å². The van der Waals surface area contributed by atoms with Crippen molar-refractivity contribution in [2.45, 2.75) is 31.4 Å². The van der Waals surface area contributed by atoms with Gasteiger partial charge in [0.15, 0.2) is 5.17 Å². The zero-order chi connectivity index (χ0) is 17.8. The average Bonchev–Trinajstić information content (AvgIpc) is 2.95. The Bertz CT molecular complexity index is 767. The van der Waals surface area contributed by atoms with E-state index in [0.29, 0.717) is 17.5 Å². The van der Waals surface area contributed by atoms with Crippen molar-refractivity contribution in [1.29, 1.82) is 0 Å². The SMILES string of the molecule is COc1ccc(C[C@@H]2SC(=Nc3ccc(C(C)C)cc3)NC2=O)cc1. The van der Waals surface area contributed by atoms with Crippen LogP contribution in [0, 0.1) is 0 Å². The molecule has 0 saturated carbocycles. The van der Waals surface area contributed by atoms with Crippen LogP contribution in [-0.2, 0) is 11.2 Å². The maximum absolute atomic E-state index is 12.2. The molecule has 0 bridgehead atoms. The molecule has 0 spiro atoms. The second-order valence-corrected chi connectivity index (χ2v) is 7.50. The third-order valence-corrected chi connectivity index (χ3v) is 5.23. The van der Waals surface area contributed by atoms with Crippen LogP contribution < -0.4 is 10.1 Å². The van der Waals surface area contributed by atoms with Crippen molar-refractivity contribution in [2.24, 2.45) is 4.99 Å². The van der Waals surface area contributed by atoms with Gasteiger partial charge in [-0.25, -0.2) is 4.99 Å². The van der Waals surface area contributed by atoms with Gasteiger partial charge in [-0.15, -0.1) is 0 Å². The Morgan fingerprint density at radius 3 is 2.40 bits per heavy atom. The summed E-state index contributed by atoms with van der Waals surface area (Å²) in [5.41, 5.74) is 3.25. The van der Waals surface area contributed by atoms with Gasteiger partial charge in [-0.05, 0) is 47.7 Å². The first-order valence-electron chi connectivity index (χ1n) is 8.34. The van der Waals surface area contributed by atoms with Gasteiger partial charge in [0.05, 0.1) is 18.0 Å². The molecule has 2 aromatic carbocycles. The van der Waals surface area contributed by atoms with Crippen LogP contribution in [0.4, 0.5) is 5.69 Å². The Kier molecular flexibility index (Phi) is 5.43. The molecule has 1 aliphatic heterocycles. The predicted octanol–water partition coefficient (Wildman–Crippen LogP) is 4.28. The van der Waals surface area contributed by atoms with Gasteiger partial charge in [-0.1, -0.05) is 49.9 Å². The van der Waals surface area contributed by atoms with Crippen molar-refractivity contribution in [3.8, 4) is 5.75 Å². The molecule has 0 aromatic heterocycles. The van der Waals surface area contributed by atoms with Gasteiger partial charge in [-0.3, -0.25) is 4.79 Å². The van der Waals surface area contributed by atoms with Gasteiger partial charge in [0.1, 0.15) is 5.75 Å². The number of carbonyl (C=O) groups excluding carboxylic acids is 1. The fraction of sp³-hybridized carbons (Fsp3) is 0.300. The molecule has 0 unspecified atom stereocenters. The minimum Gasteiger partial charge on any atom is -0.497 e. The molecule has 1 amide bonds. The number of benzene rings is 2. The summed E-state index contributed by atoms with van der Waals surface area (Å²) in [7, 11) is 1.64. The monoisotopic (exact) mass is 354 g/mol. The van der Waals surface area contributed by atoms with Crippen molar-refractivity contribution in [3.05, 3.63) is 59.7 Å². The summed E-state index contributed by atoms with van der Waals surface area (Å²) < 4.78 is 5.16. The number of amidine groups is 1. The van der Waals surface area contributed by atoms with E-state index in [0.717, 1.165) is 17.0 Å². The van der Waals surface area contributed by atoms with Crippen molar-refractivity contribution < 1.29 is 9.53 Å². The Hall–Kier alpha value is -2.27. The first kappa shape index (κ1) is 17.5. The van der Waals surface area contributed by atoms with Gasteiger partial charge < -0.3 is 10.1 Å². The maximum atomic E-state index is 12.2. The van der Waals surface area contributed by atoms with Crippen LogP contribution in [-0.4, -0.2) is 23.4 Å². The zero-order valence-electron chi connectivity index (χ0n) is 14.7. The molecule has 1 fully saturated rings. The second-order valence-electron chi connectivity index (χ2n) is 6.31. The maximum Gasteiger partial charge on any atom is 0.239 e. The van der Waals surface area contributed by atoms with Crippen molar-refractivity contribution in [2.75, 3.05) is 7.11 Å². The van der Waals surface area contributed by atoms with Crippen LogP contribution in [0.1, 0.15) is 30.9 Å². The summed E-state index contributed by atoms with van der Waals surface area (Å²) in [5.74, 6) is 1.33. The van der Waals surface area contributed by atoms with E-state index in [9.17, 15) is 4.79 Å². The van der Waals surface area contributed by atoms with Crippen molar-refractivity contribution in [3.63, 3.8) is 0 Å². The zero-order valence-corrected chi connectivity index (χ0v) is 15.5. The Morgan fingerprint density at radius 2 is 1.80 bits per heavy atom. The van der Waals surface area contributed by atoms with Crippen LogP contribution in [0.25, 0.3) is 0 Å². The molecule has 4 nitrogen and oxygen atoms in total. The molecule has 25 heavy (non-hydrogen) atoms. The molecule has 1 heterocycles. The normalized spacial score (nSPS) is 18.6. The van der Waals surface area contributed by atoms with Crippen LogP contribution in [0.5, 0.6) is 5.75 Å². The number of hydrogen-bond donors (Lipinski definition) is 1. The van der Waals surface area contributed by atoms with E-state index in [1.807, 2.05) is 36.4 Å². The number of thioether (sulfide) groups is 1. The molecule has 1 aliphatic rings. The lowest BCUT2D eigenvalue weighted by molar-refractivity contribution is -0.118. The van der Waals surface area contributed by atoms with E-state index < -0.39 is 0 Å². The summed E-state index contributed by atoms with van der Waals surface area (Å²) >= 11 is 1.49. The third kappa shape index (κ3) is 4.42. The summed E-state index contributed by atoms with van der Waals surface area (Å²) in [6, 6.07) is 16.0. The number of methoxy groups -OCH3 is 1. The second kappa shape index (κ2) is 7.74. The molecule has 3 rings (SSSR count). The third-order valence-electron chi connectivity index (χ3n) is 4.15. The first-order valence-corrected chi connectivity index (χ1v) is 9.22. The fourth-order valence-corrected chi connectivity index (χ4v) is 3.65. The molecule has 0 radical (unpaired) electrons. The molecule has 1 N–H and O–H groups in total. The molecule has 2 aromatic rings. The van der Waals surface area contributed by atoms with Crippen LogP contribution >= 0.6 is 11.8 Å². The lowest BCUT2D eigenvalue weighted by Gasteiger charge is -2.06. The lowest BCUT2D eigenvalue weighted by Crippen LogP contribution is -2.25. The van der Waals surface area contributed by atoms with Gasteiger partial charge in [-0.2, -0.15) is 0 Å². The lowest BCUT2D eigenvalue weighted by atomic mass is 10.0. The summed E-state index contributed by atoms with van der Waals surface area (Å²) in [6.45, 7) is 4.33. The van der Waals surface area contributed by atoms with E-state index in [-0.39, 0.29) is 11.2 Å². The number of ether oxygens (including phenoxy) is 1. The van der Waals surface area contributed by atoms with E-state index in [1.165, 1.54) is 17.3 Å². The van der Waals surface area contributed by atoms with Crippen molar-refractivity contribution >= 4 is 28.5 Å². The number of amides is 1. The Labute approximate surface area is 152 Å². The molecule has 1 saturated heterocycles. The molecule has 0 aliphatic carbocycles. The smallest absolute Gasteiger partial charge is 0.239 e. The summed E-state index contributed by atoms with van der Waals surface area (Å²) in [5, 5.41) is 3.40. The number of aliphatic imine (C=N–C) groups is 1. The highest BCUT2D eigenvalue weighted by atomic mass is 32.2. The van der Waals surface area contributed by atoms with Gasteiger partial charge >= 0.3 is 0 Å². The highest BCUT2D eigenvalue weighted by Gasteiger charge is 2.30. The van der Waals surface area contributed by atoms with Gasteiger partial charge in [0.25, 0.3) is 0 Å². The van der Waals surface area contributed by atoms with E-state index in [2.05, 4.69) is 36.3 Å². The first-order chi connectivity index (χ1) is 12.0. The van der Waals surface area contributed by atoms with Gasteiger partial charge in [0, 0.05) is 0 Å². The molecule has 5 heteroatoms. The van der Waals surface area contributed by atoms with E-state index in [4.69, 9.17) is 4.74 Å². The molecule has 1 atom stereocenters. The van der Waals surface area contributed by atoms with E-state index >= 15 is 0 Å². The highest BCUT2D eigenvalue weighted by Crippen LogP contribution is 2.27. The largest absolute Gasteiger partial charge is 0.497 e. The highest BCUT2D eigenvalue weighted by molar-refractivity contribution is 8.15. The number of rotatable bonds is 5. The number of hydrogen-bond acceptors (Lipinski definition) is 4. The quantitative estimate of drug-likeness (QED) is 0.872. The van der Waals surface area contributed by atoms with Crippen LogP contribution in [0.15, 0.2) is 53.5 Å². The Morgan fingerprint density at radius 1 is 1.12 bits per heavy atom. The number of nitrogens with one attached hydrogen (secondary N) is 1. The molecular formula is C20H22N2O2S. The average molecular weight is 354 g/mol. The molecule has 130 valence electrons. The standard InChI is InChI=1S/C20H22N2O2S/c1-13(2)15-6-8-16(9-7-15)21-20-22-19(23)18(25-20)12-14-4-10-17(24-3)11-5-14/h4-11,13,18H,12H2,1-3H3,(H,21,22,23)/t18-/m0/s1.